The molecule has 134 valence electrons. The van der Waals surface area contributed by atoms with Crippen LogP contribution in [0.25, 0.3) is 0 Å². The third-order valence-corrected chi connectivity index (χ3v) is 4.61. The first-order valence-electron chi connectivity index (χ1n) is 8.04. The number of amides is 1. The molecule has 1 fully saturated rings. The SMILES string of the molecule is COc1cc(NC(=O)CCC2CCNCC2)ccc1NS(C)(=O)=O. The summed E-state index contributed by atoms with van der Waals surface area (Å²) in [6.45, 7) is 2.05. The lowest BCUT2D eigenvalue weighted by molar-refractivity contribution is -0.116. The zero-order valence-corrected chi connectivity index (χ0v) is 14.9. The summed E-state index contributed by atoms with van der Waals surface area (Å²) in [5, 5.41) is 6.15. The fraction of sp³-hybridized carbons (Fsp3) is 0.562. The van der Waals surface area contributed by atoms with Crippen LogP contribution in [-0.4, -0.2) is 40.8 Å². The molecule has 24 heavy (non-hydrogen) atoms. The van der Waals surface area contributed by atoms with Crippen LogP contribution in [0.15, 0.2) is 18.2 Å². The summed E-state index contributed by atoms with van der Waals surface area (Å²) in [6.07, 6.45) is 4.68. The number of carbonyl (C=O) groups is 1. The van der Waals surface area contributed by atoms with Crippen LogP contribution in [0.2, 0.25) is 0 Å². The largest absolute Gasteiger partial charge is 0.494 e. The van der Waals surface area contributed by atoms with Gasteiger partial charge in [-0.15, -0.1) is 0 Å². The quantitative estimate of drug-likeness (QED) is 0.693. The van der Waals surface area contributed by atoms with Crippen molar-refractivity contribution in [1.29, 1.82) is 0 Å². The van der Waals surface area contributed by atoms with Gasteiger partial charge in [0.1, 0.15) is 5.75 Å². The van der Waals surface area contributed by atoms with Crippen molar-refractivity contribution in [1.82, 2.24) is 5.32 Å². The summed E-state index contributed by atoms with van der Waals surface area (Å²) in [4.78, 5) is 12.1. The van der Waals surface area contributed by atoms with Crippen LogP contribution in [0, 0.1) is 5.92 Å². The van der Waals surface area contributed by atoms with Crippen LogP contribution in [0.4, 0.5) is 11.4 Å². The summed E-state index contributed by atoms with van der Waals surface area (Å²) < 4.78 is 30.2. The highest BCUT2D eigenvalue weighted by Gasteiger charge is 2.15. The third kappa shape index (κ3) is 6.01. The van der Waals surface area contributed by atoms with Gasteiger partial charge in [0.05, 0.1) is 19.1 Å². The molecule has 0 aromatic heterocycles. The lowest BCUT2D eigenvalue weighted by Crippen LogP contribution is -2.28. The van der Waals surface area contributed by atoms with Gasteiger partial charge in [-0.1, -0.05) is 0 Å². The summed E-state index contributed by atoms with van der Waals surface area (Å²) >= 11 is 0. The molecular weight excluding hydrogens is 330 g/mol. The lowest BCUT2D eigenvalue weighted by atomic mass is 9.93. The van der Waals surface area contributed by atoms with Crippen LogP contribution in [-0.2, 0) is 14.8 Å². The van der Waals surface area contributed by atoms with E-state index in [9.17, 15) is 13.2 Å². The van der Waals surface area contributed by atoms with E-state index < -0.39 is 10.0 Å². The number of rotatable bonds is 7. The summed E-state index contributed by atoms with van der Waals surface area (Å²) in [5.74, 6) is 0.920. The topological polar surface area (TPSA) is 96.5 Å². The number of methoxy groups -OCH3 is 1. The summed E-state index contributed by atoms with van der Waals surface area (Å²) in [5.41, 5.74) is 0.925. The maximum Gasteiger partial charge on any atom is 0.229 e. The van der Waals surface area contributed by atoms with E-state index in [1.165, 1.54) is 7.11 Å². The highest BCUT2D eigenvalue weighted by Crippen LogP contribution is 2.29. The Hall–Kier alpha value is -1.80. The van der Waals surface area contributed by atoms with Gasteiger partial charge in [0.2, 0.25) is 15.9 Å². The molecule has 0 spiro atoms. The Morgan fingerprint density at radius 3 is 2.67 bits per heavy atom. The zero-order chi connectivity index (χ0) is 17.6. The number of piperidine rings is 1. The number of ether oxygens (including phenoxy) is 1. The molecular formula is C16H25N3O4S. The highest BCUT2D eigenvalue weighted by molar-refractivity contribution is 7.92. The third-order valence-electron chi connectivity index (χ3n) is 4.02. The second-order valence-electron chi connectivity index (χ2n) is 6.07. The predicted molar refractivity (Wildman–Crippen MR) is 94.9 cm³/mol. The maximum atomic E-state index is 12.1. The molecule has 0 bridgehead atoms. The Labute approximate surface area is 143 Å². The van der Waals surface area contributed by atoms with Crippen LogP contribution < -0.4 is 20.1 Å². The Morgan fingerprint density at radius 1 is 1.33 bits per heavy atom. The van der Waals surface area contributed by atoms with Crippen molar-refractivity contribution in [2.24, 2.45) is 5.92 Å². The van der Waals surface area contributed by atoms with Crippen molar-refractivity contribution in [2.75, 3.05) is 36.5 Å². The molecule has 0 atom stereocenters. The molecule has 2 rings (SSSR count). The Balaban J connectivity index is 1.92. The van der Waals surface area contributed by atoms with E-state index in [0.717, 1.165) is 38.6 Å². The molecule has 0 aliphatic carbocycles. The second kappa shape index (κ2) is 8.34. The van der Waals surface area contributed by atoms with E-state index in [4.69, 9.17) is 4.74 Å². The monoisotopic (exact) mass is 355 g/mol. The average Bonchev–Trinajstić information content (AvgIpc) is 2.54. The minimum Gasteiger partial charge on any atom is -0.494 e. The molecule has 7 nitrogen and oxygen atoms in total. The molecule has 8 heteroatoms. The first-order chi connectivity index (χ1) is 11.4. The lowest BCUT2D eigenvalue weighted by Gasteiger charge is -2.22. The van der Waals surface area contributed by atoms with Crippen LogP contribution >= 0.6 is 0 Å². The second-order valence-corrected chi connectivity index (χ2v) is 7.82. The van der Waals surface area contributed by atoms with Crippen molar-refractivity contribution in [3.8, 4) is 5.75 Å². The summed E-state index contributed by atoms with van der Waals surface area (Å²) in [7, 11) is -1.94. The van der Waals surface area contributed by atoms with E-state index in [-0.39, 0.29) is 5.91 Å². The van der Waals surface area contributed by atoms with Crippen molar-refractivity contribution < 1.29 is 17.9 Å². The van der Waals surface area contributed by atoms with E-state index in [2.05, 4.69) is 15.4 Å². The van der Waals surface area contributed by atoms with Crippen molar-refractivity contribution in [3.05, 3.63) is 18.2 Å². The van der Waals surface area contributed by atoms with Gasteiger partial charge < -0.3 is 15.4 Å². The number of hydrogen-bond donors (Lipinski definition) is 3. The van der Waals surface area contributed by atoms with E-state index in [1.807, 2.05) is 0 Å². The Kier molecular flexibility index (Phi) is 6.44. The number of anilines is 2. The van der Waals surface area contributed by atoms with Gasteiger partial charge in [0, 0.05) is 18.2 Å². The van der Waals surface area contributed by atoms with E-state index in [0.29, 0.717) is 29.5 Å². The Morgan fingerprint density at radius 2 is 2.04 bits per heavy atom. The minimum absolute atomic E-state index is 0.0422. The van der Waals surface area contributed by atoms with Crippen molar-refractivity contribution in [3.63, 3.8) is 0 Å². The number of hydrogen-bond acceptors (Lipinski definition) is 5. The average molecular weight is 355 g/mol. The maximum absolute atomic E-state index is 12.1. The van der Waals surface area contributed by atoms with Gasteiger partial charge in [-0.25, -0.2) is 8.42 Å². The smallest absolute Gasteiger partial charge is 0.229 e. The number of nitrogens with one attached hydrogen (secondary N) is 3. The fourth-order valence-electron chi connectivity index (χ4n) is 2.78. The molecule has 0 unspecified atom stereocenters. The summed E-state index contributed by atoms with van der Waals surface area (Å²) in [6, 6.07) is 4.83. The number of benzene rings is 1. The number of sulfonamides is 1. The van der Waals surface area contributed by atoms with Crippen LogP contribution in [0.3, 0.4) is 0 Å². The predicted octanol–water partition coefficient (Wildman–Crippen LogP) is 1.79. The molecule has 1 saturated heterocycles. The number of carbonyl (C=O) groups excluding carboxylic acids is 1. The standard InChI is InChI=1S/C16H25N3O4S/c1-23-15-11-13(4-5-14(15)19-24(2,21)22)18-16(20)6-3-12-7-9-17-10-8-12/h4-5,11-12,17,19H,3,6-10H2,1-2H3,(H,18,20). The normalized spacial score (nSPS) is 15.8. The van der Waals surface area contributed by atoms with Gasteiger partial charge in [0.25, 0.3) is 0 Å². The molecule has 1 heterocycles. The van der Waals surface area contributed by atoms with Gasteiger partial charge in [0.15, 0.2) is 0 Å². The van der Waals surface area contributed by atoms with Crippen molar-refractivity contribution in [2.45, 2.75) is 25.7 Å². The highest BCUT2D eigenvalue weighted by atomic mass is 32.2. The minimum atomic E-state index is -3.39. The van der Waals surface area contributed by atoms with Gasteiger partial charge in [-0.05, 0) is 50.4 Å². The van der Waals surface area contributed by atoms with Gasteiger partial charge >= 0.3 is 0 Å². The fourth-order valence-corrected chi connectivity index (χ4v) is 3.35. The van der Waals surface area contributed by atoms with Gasteiger partial charge in [-0.2, -0.15) is 0 Å². The molecule has 1 aliphatic rings. The Bertz CT molecular complexity index is 670. The van der Waals surface area contributed by atoms with Crippen LogP contribution in [0.1, 0.15) is 25.7 Å². The van der Waals surface area contributed by atoms with E-state index >= 15 is 0 Å². The molecule has 1 aromatic rings. The van der Waals surface area contributed by atoms with Gasteiger partial charge in [-0.3, -0.25) is 9.52 Å². The molecule has 0 radical (unpaired) electrons. The zero-order valence-electron chi connectivity index (χ0n) is 14.1. The molecule has 1 aromatic carbocycles. The molecule has 3 N–H and O–H groups in total. The first kappa shape index (κ1) is 18.5. The van der Waals surface area contributed by atoms with E-state index in [1.54, 1.807) is 18.2 Å². The molecule has 0 saturated carbocycles. The molecule has 1 amide bonds. The molecule has 1 aliphatic heterocycles. The first-order valence-corrected chi connectivity index (χ1v) is 9.93. The van der Waals surface area contributed by atoms with Crippen LogP contribution in [0.5, 0.6) is 5.75 Å². The van der Waals surface area contributed by atoms with Crippen molar-refractivity contribution >= 4 is 27.3 Å².